The molecule has 0 amide bonds. The van der Waals surface area contributed by atoms with Crippen molar-refractivity contribution >= 4 is 0 Å². The third kappa shape index (κ3) is 4.63. The van der Waals surface area contributed by atoms with Gasteiger partial charge in [0.15, 0.2) is 0 Å². The van der Waals surface area contributed by atoms with E-state index in [0.717, 1.165) is 12.1 Å². The lowest BCUT2D eigenvalue weighted by molar-refractivity contribution is 0.220. The Morgan fingerprint density at radius 2 is 1.80 bits per heavy atom. The van der Waals surface area contributed by atoms with Crippen LogP contribution in [0, 0.1) is 17.2 Å². The van der Waals surface area contributed by atoms with E-state index in [0.29, 0.717) is 12.5 Å². The molecule has 0 bridgehead atoms. The Balaban J connectivity index is 3.04. The number of benzene rings is 1. The second-order valence-electron chi connectivity index (χ2n) is 6.27. The third-order valence-corrected chi connectivity index (χ3v) is 3.18. The Labute approximate surface area is 123 Å². The van der Waals surface area contributed by atoms with Crippen molar-refractivity contribution in [1.29, 1.82) is 5.26 Å². The third-order valence-electron chi connectivity index (χ3n) is 3.18. The average molecular weight is 273 g/mol. The highest BCUT2D eigenvalue weighted by atomic mass is 15.2. The molecular formula is C17H27N3. The van der Waals surface area contributed by atoms with E-state index in [9.17, 15) is 5.26 Å². The van der Waals surface area contributed by atoms with Crippen LogP contribution in [0.3, 0.4) is 0 Å². The van der Waals surface area contributed by atoms with E-state index in [1.165, 1.54) is 0 Å². The number of nitriles is 1. The van der Waals surface area contributed by atoms with Crippen molar-refractivity contribution in [2.45, 2.75) is 39.3 Å². The van der Waals surface area contributed by atoms with Crippen molar-refractivity contribution in [2.75, 3.05) is 20.1 Å². The molecule has 0 aliphatic rings. The molecule has 1 N–H and O–H groups in total. The molecule has 1 rings (SSSR count). The Bertz CT molecular complexity index is 433. The minimum atomic E-state index is -0.654. The first-order valence-electron chi connectivity index (χ1n) is 7.32. The van der Waals surface area contributed by atoms with Crippen LogP contribution in [-0.2, 0) is 5.54 Å². The zero-order valence-corrected chi connectivity index (χ0v) is 13.4. The second-order valence-corrected chi connectivity index (χ2v) is 6.27. The SMILES string of the molecule is CC(C)CN(C)CC(C#N)(NC(C)C)c1ccccc1. The maximum Gasteiger partial charge on any atom is 0.145 e. The standard InChI is InChI=1S/C17H27N3/c1-14(2)11-20(5)13-17(12-18,19-15(3)4)16-9-7-6-8-10-16/h6-10,14-15,19H,11,13H2,1-5H3. The van der Waals surface area contributed by atoms with Gasteiger partial charge in [0, 0.05) is 19.1 Å². The molecule has 110 valence electrons. The highest BCUT2D eigenvalue weighted by Crippen LogP contribution is 2.22. The lowest BCUT2D eigenvalue weighted by Crippen LogP contribution is -2.52. The van der Waals surface area contributed by atoms with Crippen LogP contribution in [0.5, 0.6) is 0 Å². The van der Waals surface area contributed by atoms with Gasteiger partial charge in [-0.25, -0.2) is 0 Å². The van der Waals surface area contributed by atoms with Crippen molar-refractivity contribution in [3.8, 4) is 6.07 Å². The smallest absolute Gasteiger partial charge is 0.145 e. The molecule has 0 saturated heterocycles. The van der Waals surface area contributed by atoms with E-state index in [1.54, 1.807) is 0 Å². The van der Waals surface area contributed by atoms with E-state index < -0.39 is 5.54 Å². The summed E-state index contributed by atoms with van der Waals surface area (Å²) in [5.41, 5.74) is 0.380. The van der Waals surface area contributed by atoms with Gasteiger partial charge in [0.25, 0.3) is 0 Å². The molecule has 0 spiro atoms. The van der Waals surface area contributed by atoms with Gasteiger partial charge in [-0.1, -0.05) is 44.2 Å². The molecule has 0 aliphatic carbocycles. The average Bonchev–Trinajstić information content (AvgIpc) is 2.37. The van der Waals surface area contributed by atoms with Gasteiger partial charge >= 0.3 is 0 Å². The van der Waals surface area contributed by atoms with E-state index >= 15 is 0 Å². The van der Waals surface area contributed by atoms with Crippen LogP contribution in [0.15, 0.2) is 30.3 Å². The quantitative estimate of drug-likeness (QED) is 0.830. The zero-order valence-electron chi connectivity index (χ0n) is 13.4. The van der Waals surface area contributed by atoms with Gasteiger partial charge in [-0.15, -0.1) is 0 Å². The summed E-state index contributed by atoms with van der Waals surface area (Å²) in [4.78, 5) is 2.23. The van der Waals surface area contributed by atoms with Crippen LogP contribution in [0.25, 0.3) is 0 Å². The van der Waals surface area contributed by atoms with Gasteiger partial charge in [-0.05, 0) is 32.4 Å². The molecule has 0 heterocycles. The molecule has 3 nitrogen and oxygen atoms in total. The van der Waals surface area contributed by atoms with E-state index in [-0.39, 0.29) is 6.04 Å². The fourth-order valence-corrected chi connectivity index (χ4v) is 2.66. The molecule has 0 radical (unpaired) electrons. The van der Waals surface area contributed by atoms with Gasteiger partial charge in [0.2, 0.25) is 0 Å². The van der Waals surface area contributed by atoms with Crippen molar-refractivity contribution in [3.63, 3.8) is 0 Å². The summed E-state index contributed by atoms with van der Waals surface area (Å²) in [6.45, 7) is 10.2. The molecule has 1 aromatic rings. The van der Waals surface area contributed by atoms with Crippen molar-refractivity contribution in [3.05, 3.63) is 35.9 Å². The Morgan fingerprint density at radius 3 is 2.25 bits per heavy atom. The van der Waals surface area contributed by atoms with Crippen LogP contribution in [0.1, 0.15) is 33.3 Å². The number of nitrogens with zero attached hydrogens (tertiary/aromatic N) is 2. The van der Waals surface area contributed by atoms with Crippen LogP contribution in [0.2, 0.25) is 0 Å². The van der Waals surface area contributed by atoms with Crippen molar-refractivity contribution < 1.29 is 0 Å². The summed E-state index contributed by atoms with van der Waals surface area (Å²) >= 11 is 0. The first-order chi connectivity index (χ1) is 9.39. The fourth-order valence-electron chi connectivity index (χ4n) is 2.66. The molecule has 20 heavy (non-hydrogen) atoms. The molecule has 1 unspecified atom stereocenters. The van der Waals surface area contributed by atoms with Crippen molar-refractivity contribution in [2.24, 2.45) is 5.92 Å². The number of likely N-dealkylation sites (N-methyl/N-ethyl adjacent to an activating group) is 1. The molecule has 0 aliphatic heterocycles. The van der Waals surface area contributed by atoms with Crippen LogP contribution < -0.4 is 5.32 Å². The summed E-state index contributed by atoms with van der Waals surface area (Å²) in [6.07, 6.45) is 0. The summed E-state index contributed by atoms with van der Waals surface area (Å²) in [7, 11) is 2.08. The Kier molecular flexibility index (Phi) is 6.19. The van der Waals surface area contributed by atoms with Gasteiger partial charge < -0.3 is 4.90 Å². The molecule has 0 aromatic heterocycles. The van der Waals surface area contributed by atoms with Gasteiger partial charge in [0.05, 0.1) is 6.07 Å². The van der Waals surface area contributed by atoms with Crippen LogP contribution >= 0.6 is 0 Å². The number of nitrogens with one attached hydrogen (secondary N) is 1. The largest absolute Gasteiger partial charge is 0.303 e. The lowest BCUT2D eigenvalue weighted by Gasteiger charge is -2.35. The molecule has 1 aromatic carbocycles. The summed E-state index contributed by atoms with van der Waals surface area (Å²) < 4.78 is 0. The number of hydrogen-bond donors (Lipinski definition) is 1. The van der Waals surface area contributed by atoms with Gasteiger partial charge in [-0.3, -0.25) is 5.32 Å². The van der Waals surface area contributed by atoms with E-state index in [4.69, 9.17) is 0 Å². The van der Waals surface area contributed by atoms with Crippen LogP contribution in [-0.4, -0.2) is 31.1 Å². The molecular weight excluding hydrogens is 246 g/mol. The maximum atomic E-state index is 9.82. The molecule has 0 saturated carbocycles. The molecule has 1 atom stereocenters. The van der Waals surface area contributed by atoms with Crippen LogP contribution in [0.4, 0.5) is 0 Å². The summed E-state index contributed by atoms with van der Waals surface area (Å²) in [5, 5.41) is 13.3. The minimum Gasteiger partial charge on any atom is -0.303 e. The van der Waals surface area contributed by atoms with Gasteiger partial charge in [-0.2, -0.15) is 5.26 Å². The molecule has 3 heteroatoms. The van der Waals surface area contributed by atoms with Gasteiger partial charge in [0.1, 0.15) is 5.54 Å². The van der Waals surface area contributed by atoms with Crippen molar-refractivity contribution in [1.82, 2.24) is 10.2 Å². The minimum absolute atomic E-state index is 0.252. The Hall–Kier alpha value is -1.37. The topological polar surface area (TPSA) is 39.1 Å². The normalized spacial score (nSPS) is 14.6. The highest BCUT2D eigenvalue weighted by Gasteiger charge is 2.34. The summed E-state index contributed by atoms with van der Waals surface area (Å²) in [6, 6.07) is 12.8. The monoisotopic (exact) mass is 273 g/mol. The van der Waals surface area contributed by atoms with E-state index in [2.05, 4.69) is 51.0 Å². The lowest BCUT2D eigenvalue weighted by atomic mass is 9.89. The predicted molar refractivity (Wildman–Crippen MR) is 84.3 cm³/mol. The zero-order chi connectivity index (χ0) is 15.2. The Morgan fingerprint density at radius 1 is 1.20 bits per heavy atom. The second kappa shape index (κ2) is 7.42. The summed E-state index contributed by atoms with van der Waals surface area (Å²) in [5.74, 6) is 0.589. The molecule has 0 fully saturated rings. The fraction of sp³-hybridized carbons (Fsp3) is 0.588. The number of hydrogen-bond acceptors (Lipinski definition) is 3. The number of rotatable bonds is 7. The first kappa shape index (κ1) is 16.7. The predicted octanol–water partition coefficient (Wildman–Crippen LogP) is 2.99. The first-order valence-corrected chi connectivity index (χ1v) is 7.32. The van der Waals surface area contributed by atoms with E-state index in [1.807, 2.05) is 30.3 Å². The maximum absolute atomic E-state index is 9.82. The highest BCUT2D eigenvalue weighted by molar-refractivity contribution is 5.32.